The lowest BCUT2D eigenvalue weighted by molar-refractivity contribution is 0.414. The average Bonchev–Trinajstić information content (AvgIpc) is 2.16. The molecule has 0 atom stereocenters. The van der Waals surface area contributed by atoms with E-state index in [4.69, 9.17) is 9.29 Å². The van der Waals surface area contributed by atoms with Crippen LogP contribution in [-0.2, 0) is 10.1 Å². The molecule has 0 unspecified atom stereocenters. The summed E-state index contributed by atoms with van der Waals surface area (Å²) in [6.45, 7) is 0. The van der Waals surface area contributed by atoms with Gasteiger partial charge in [0.2, 0.25) is 0 Å². The molecule has 1 aromatic carbocycles. The van der Waals surface area contributed by atoms with Crippen LogP contribution in [0.15, 0.2) is 30.3 Å². The number of ether oxygens (including phenoxy) is 1. The molecule has 1 rings (SSSR count). The van der Waals surface area contributed by atoms with E-state index in [-0.39, 0.29) is 5.75 Å². The minimum Gasteiger partial charge on any atom is -0.497 e. The maximum atomic E-state index is 10.4. The van der Waals surface area contributed by atoms with Gasteiger partial charge in [-0.05, 0) is 17.7 Å². The topological polar surface area (TPSA) is 63.6 Å². The van der Waals surface area contributed by atoms with Crippen LogP contribution in [0.5, 0.6) is 5.75 Å². The monoisotopic (exact) mass is 228 g/mol. The third-order valence-corrected chi connectivity index (χ3v) is 2.32. The Hall–Kier alpha value is -1.33. The highest BCUT2D eigenvalue weighted by molar-refractivity contribution is 7.85. The lowest BCUT2D eigenvalue weighted by atomic mass is 10.2. The highest BCUT2D eigenvalue weighted by atomic mass is 32.2. The number of benzene rings is 1. The Morgan fingerprint density at radius 1 is 1.47 bits per heavy atom. The molecular weight excluding hydrogens is 216 g/mol. The van der Waals surface area contributed by atoms with Gasteiger partial charge in [-0.2, -0.15) is 8.42 Å². The molecule has 5 heteroatoms. The molecule has 0 aromatic heterocycles. The van der Waals surface area contributed by atoms with Crippen molar-refractivity contribution in [1.29, 1.82) is 0 Å². The second-order valence-corrected chi connectivity index (χ2v) is 4.42. The maximum Gasteiger partial charge on any atom is 0.268 e. The van der Waals surface area contributed by atoms with Crippen molar-refractivity contribution < 1.29 is 17.7 Å². The van der Waals surface area contributed by atoms with Crippen LogP contribution >= 0.6 is 0 Å². The van der Waals surface area contributed by atoms with E-state index in [9.17, 15) is 8.42 Å². The normalized spacial score (nSPS) is 11.9. The highest BCUT2D eigenvalue weighted by Crippen LogP contribution is 2.13. The molecule has 0 aliphatic rings. The van der Waals surface area contributed by atoms with Gasteiger partial charge in [0.1, 0.15) is 5.75 Å². The molecule has 0 saturated heterocycles. The van der Waals surface area contributed by atoms with E-state index in [1.54, 1.807) is 31.4 Å². The van der Waals surface area contributed by atoms with Gasteiger partial charge in [0.25, 0.3) is 10.1 Å². The van der Waals surface area contributed by atoms with E-state index < -0.39 is 10.1 Å². The number of methoxy groups -OCH3 is 1. The second kappa shape index (κ2) is 4.95. The molecule has 0 amide bonds. The van der Waals surface area contributed by atoms with Crippen molar-refractivity contribution in [1.82, 2.24) is 0 Å². The predicted molar refractivity (Wildman–Crippen MR) is 58.4 cm³/mol. The van der Waals surface area contributed by atoms with Crippen molar-refractivity contribution in [3.05, 3.63) is 35.9 Å². The molecule has 4 nitrogen and oxygen atoms in total. The molecule has 0 spiro atoms. The van der Waals surface area contributed by atoms with Gasteiger partial charge in [0.05, 0.1) is 12.9 Å². The summed E-state index contributed by atoms with van der Waals surface area (Å²) in [4.78, 5) is 0. The number of hydrogen-bond donors (Lipinski definition) is 1. The largest absolute Gasteiger partial charge is 0.497 e. The zero-order valence-electron chi connectivity index (χ0n) is 8.25. The number of rotatable bonds is 4. The summed E-state index contributed by atoms with van der Waals surface area (Å²) in [6.07, 6.45) is 2.99. The quantitative estimate of drug-likeness (QED) is 0.795. The Morgan fingerprint density at radius 2 is 2.20 bits per heavy atom. The van der Waals surface area contributed by atoms with Crippen LogP contribution in [0.3, 0.4) is 0 Å². The lowest BCUT2D eigenvalue weighted by Crippen LogP contribution is -1.99. The molecule has 0 aliphatic carbocycles. The van der Waals surface area contributed by atoms with Crippen LogP contribution in [0.2, 0.25) is 0 Å². The van der Waals surface area contributed by atoms with Gasteiger partial charge in [-0.1, -0.05) is 24.3 Å². The van der Waals surface area contributed by atoms with Gasteiger partial charge in [-0.3, -0.25) is 4.55 Å². The highest BCUT2D eigenvalue weighted by Gasteiger charge is 1.99. The summed E-state index contributed by atoms with van der Waals surface area (Å²) >= 11 is 0. The van der Waals surface area contributed by atoms with E-state index in [0.29, 0.717) is 5.75 Å². The lowest BCUT2D eigenvalue weighted by Gasteiger charge is -1.99. The molecule has 1 N–H and O–H groups in total. The summed E-state index contributed by atoms with van der Waals surface area (Å²) in [5.74, 6) is 0.313. The Bertz CT molecular complexity index is 448. The van der Waals surface area contributed by atoms with Crippen molar-refractivity contribution in [2.24, 2.45) is 0 Å². The fourth-order valence-electron chi connectivity index (χ4n) is 1.05. The molecule has 0 radical (unpaired) electrons. The van der Waals surface area contributed by atoms with Crippen LogP contribution < -0.4 is 4.74 Å². The van der Waals surface area contributed by atoms with Gasteiger partial charge in [-0.25, -0.2) is 0 Å². The zero-order chi connectivity index (χ0) is 11.3. The summed E-state index contributed by atoms with van der Waals surface area (Å²) < 4.78 is 34.3. The van der Waals surface area contributed by atoms with Crippen LogP contribution in [-0.4, -0.2) is 25.8 Å². The van der Waals surface area contributed by atoms with Crippen molar-refractivity contribution in [3.63, 3.8) is 0 Å². The van der Waals surface area contributed by atoms with E-state index in [2.05, 4.69) is 0 Å². The van der Waals surface area contributed by atoms with E-state index >= 15 is 0 Å². The van der Waals surface area contributed by atoms with Crippen LogP contribution in [0.25, 0.3) is 6.08 Å². The standard InChI is InChI=1S/C10H12O4S/c1-14-10-6-2-4-9(8-10)5-3-7-15(11,12)13/h2-6,8H,7H2,1H3,(H,11,12,13)/b5-3+. The first kappa shape index (κ1) is 11.7. The molecule has 0 fully saturated rings. The first-order valence-electron chi connectivity index (χ1n) is 4.27. The Labute approximate surface area is 88.9 Å². The molecule has 0 heterocycles. The third kappa shape index (κ3) is 4.62. The summed E-state index contributed by atoms with van der Waals surface area (Å²) in [5, 5.41) is 0. The van der Waals surface area contributed by atoms with E-state index in [1.807, 2.05) is 6.07 Å². The van der Waals surface area contributed by atoms with Gasteiger partial charge in [-0.15, -0.1) is 0 Å². The molecule has 0 bridgehead atoms. The summed E-state index contributed by atoms with van der Waals surface area (Å²) in [6, 6.07) is 7.16. The van der Waals surface area contributed by atoms with Crippen LogP contribution in [0.4, 0.5) is 0 Å². The molecular formula is C10H12O4S. The Kier molecular flexibility index (Phi) is 3.88. The van der Waals surface area contributed by atoms with E-state index in [0.717, 1.165) is 5.56 Å². The SMILES string of the molecule is COc1cccc(/C=C/CS(=O)(=O)O)c1. The maximum absolute atomic E-state index is 10.4. The van der Waals surface area contributed by atoms with Gasteiger partial charge >= 0.3 is 0 Å². The van der Waals surface area contributed by atoms with Crippen molar-refractivity contribution in [2.75, 3.05) is 12.9 Å². The first-order valence-corrected chi connectivity index (χ1v) is 5.88. The second-order valence-electron chi connectivity index (χ2n) is 2.93. The molecule has 1 aromatic rings. The zero-order valence-corrected chi connectivity index (χ0v) is 9.07. The molecule has 0 aliphatic heterocycles. The van der Waals surface area contributed by atoms with Gasteiger partial charge in [0, 0.05) is 0 Å². The van der Waals surface area contributed by atoms with Crippen molar-refractivity contribution >= 4 is 16.2 Å². The fourth-order valence-corrected chi connectivity index (χ4v) is 1.39. The fraction of sp³-hybridized carbons (Fsp3) is 0.200. The smallest absolute Gasteiger partial charge is 0.268 e. The van der Waals surface area contributed by atoms with Gasteiger partial charge < -0.3 is 4.74 Å². The summed E-state index contributed by atoms with van der Waals surface area (Å²) in [5.41, 5.74) is 0.818. The van der Waals surface area contributed by atoms with Crippen molar-refractivity contribution in [3.8, 4) is 5.75 Å². The molecule has 0 saturated carbocycles. The molecule has 82 valence electrons. The average molecular weight is 228 g/mol. The Balaban J connectivity index is 2.72. The summed E-state index contributed by atoms with van der Waals surface area (Å²) in [7, 11) is -2.37. The number of hydrogen-bond acceptors (Lipinski definition) is 3. The van der Waals surface area contributed by atoms with E-state index in [1.165, 1.54) is 6.08 Å². The first-order chi connectivity index (χ1) is 7.01. The Morgan fingerprint density at radius 3 is 2.80 bits per heavy atom. The predicted octanol–water partition coefficient (Wildman–Crippen LogP) is 1.60. The third-order valence-electron chi connectivity index (χ3n) is 1.71. The molecule has 15 heavy (non-hydrogen) atoms. The van der Waals surface area contributed by atoms with Crippen LogP contribution in [0, 0.1) is 0 Å². The van der Waals surface area contributed by atoms with Gasteiger partial charge in [0.15, 0.2) is 0 Å². The minimum absolute atomic E-state index is 0.385. The van der Waals surface area contributed by atoms with Crippen molar-refractivity contribution in [2.45, 2.75) is 0 Å². The minimum atomic E-state index is -3.93. The van der Waals surface area contributed by atoms with Crippen LogP contribution in [0.1, 0.15) is 5.56 Å².